The minimum Gasteiger partial charge on any atom is -0.324 e. The lowest BCUT2D eigenvalue weighted by Crippen LogP contribution is -2.50. The van der Waals surface area contributed by atoms with Crippen molar-refractivity contribution in [3.05, 3.63) is 96.1 Å². The van der Waals surface area contributed by atoms with Gasteiger partial charge in [-0.25, -0.2) is 4.79 Å². The van der Waals surface area contributed by atoms with E-state index in [4.69, 9.17) is 0 Å². The Balaban J connectivity index is 1.56. The summed E-state index contributed by atoms with van der Waals surface area (Å²) < 4.78 is 0. The van der Waals surface area contributed by atoms with Crippen molar-refractivity contribution in [1.29, 1.82) is 0 Å². The highest BCUT2D eigenvalue weighted by atomic mass is 16.2. The van der Waals surface area contributed by atoms with Gasteiger partial charge >= 0.3 is 6.03 Å². The molecule has 0 spiro atoms. The Morgan fingerprint density at radius 2 is 1.48 bits per heavy atom. The number of carbonyl (C=O) groups is 2. The van der Waals surface area contributed by atoms with Gasteiger partial charge in [0.1, 0.15) is 0 Å². The van der Waals surface area contributed by atoms with Gasteiger partial charge in [-0.1, -0.05) is 79.7 Å². The average molecular weight is 442 g/mol. The normalized spacial score (nSPS) is 15.8. The summed E-state index contributed by atoms with van der Waals surface area (Å²) in [6.45, 7) is 5.42. The van der Waals surface area contributed by atoms with Gasteiger partial charge < -0.3 is 10.2 Å². The van der Waals surface area contributed by atoms with Crippen LogP contribution in [0.3, 0.4) is 0 Å². The van der Waals surface area contributed by atoms with Crippen molar-refractivity contribution in [2.75, 3.05) is 23.3 Å². The van der Waals surface area contributed by atoms with E-state index >= 15 is 0 Å². The van der Waals surface area contributed by atoms with E-state index in [9.17, 15) is 9.59 Å². The van der Waals surface area contributed by atoms with Crippen molar-refractivity contribution in [2.45, 2.75) is 38.6 Å². The van der Waals surface area contributed by atoms with Gasteiger partial charge in [0.25, 0.3) is 0 Å². The van der Waals surface area contributed by atoms with Gasteiger partial charge in [0, 0.05) is 13.1 Å². The Hall–Kier alpha value is -3.60. The van der Waals surface area contributed by atoms with E-state index in [0.29, 0.717) is 25.2 Å². The minimum absolute atomic E-state index is 0.0224. The number of nitrogens with one attached hydrogen (secondary N) is 1. The van der Waals surface area contributed by atoms with Crippen molar-refractivity contribution >= 4 is 23.3 Å². The highest BCUT2D eigenvalue weighted by molar-refractivity contribution is 6.02. The number of anilines is 2. The van der Waals surface area contributed by atoms with Gasteiger partial charge in [-0.05, 0) is 43.0 Å². The van der Waals surface area contributed by atoms with Gasteiger partial charge in [-0.3, -0.25) is 9.69 Å². The quantitative estimate of drug-likeness (QED) is 0.474. The zero-order valence-electron chi connectivity index (χ0n) is 19.3. The van der Waals surface area contributed by atoms with Gasteiger partial charge in [-0.15, -0.1) is 0 Å². The Bertz CT molecular complexity index is 1080. The van der Waals surface area contributed by atoms with Crippen molar-refractivity contribution in [1.82, 2.24) is 4.90 Å². The highest BCUT2D eigenvalue weighted by Crippen LogP contribution is 2.33. The first-order valence-electron chi connectivity index (χ1n) is 11.7. The molecule has 1 aliphatic heterocycles. The maximum atomic E-state index is 13.5. The third-order valence-electron chi connectivity index (χ3n) is 6.39. The molecule has 0 aliphatic carbocycles. The number of nitrogens with zero attached hydrogens (tertiary/aromatic N) is 2. The monoisotopic (exact) mass is 441 g/mol. The number of amides is 3. The zero-order chi connectivity index (χ0) is 23.2. The number of para-hydroxylation sites is 2. The van der Waals surface area contributed by atoms with Crippen molar-refractivity contribution < 1.29 is 9.59 Å². The Labute approximate surface area is 196 Å². The van der Waals surface area contributed by atoms with Crippen LogP contribution in [0.1, 0.15) is 49.8 Å². The lowest BCUT2D eigenvalue weighted by molar-refractivity contribution is -0.117. The van der Waals surface area contributed by atoms with Crippen LogP contribution < -0.4 is 10.2 Å². The number of carbonyl (C=O) groups excluding carboxylic acids is 2. The molecule has 4 rings (SSSR count). The first kappa shape index (κ1) is 22.6. The number of rotatable bonds is 7. The second kappa shape index (κ2) is 10.3. The van der Waals surface area contributed by atoms with E-state index in [0.717, 1.165) is 23.2 Å². The highest BCUT2D eigenvalue weighted by Gasteiger charge is 2.32. The smallest absolute Gasteiger partial charge is 0.324 e. The van der Waals surface area contributed by atoms with Crippen LogP contribution >= 0.6 is 0 Å². The molecule has 0 bridgehead atoms. The first-order chi connectivity index (χ1) is 16.1. The van der Waals surface area contributed by atoms with Crippen LogP contribution in [-0.2, 0) is 4.79 Å². The average Bonchev–Trinajstić information content (AvgIpc) is 2.86. The summed E-state index contributed by atoms with van der Waals surface area (Å²) in [5, 5.41) is 3.10. The minimum atomic E-state index is -0.245. The van der Waals surface area contributed by atoms with E-state index in [-0.39, 0.29) is 23.9 Å². The lowest BCUT2D eigenvalue weighted by Gasteiger charge is -2.39. The number of hydrogen-bond donors (Lipinski definition) is 1. The summed E-state index contributed by atoms with van der Waals surface area (Å²) in [5.41, 5.74) is 3.51. The fraction of sp³-hybridized carbons (Fsp3) is 0.286. The van der Waals surface area contributed by atoms with Crippen molar-refractivity contribution in [2.24, 2.45) is 0 Å². The molecule has 0 unspecified atom stereocenters. The maximum Gasteiger partial charge on any atom is 0.325 e. The molecule has 0 radical (unpaired) electrons. The van der Waals surface area contributed by atoms with E-state index in [2.05, 4.69) is 24.4 Å². The number of benzene rings is 3. The summed E-state index contributed by atoms with van der Waals surface area (Å²) in [6.07, 6.45) is 1.57. The second-order valence-corrected chi connectivity index (χ2v) is 8.45. The first-order valence-corrected chi connectivity index (χ1v) is 11.7. The lowest BCUT2D eigenvalue weighted by atomic mass is 9.95. The van der Waals surface area contributed by atoms with Gasteiger partial charge in [0.2, 0.25) is 5.91 Å². The Kier molecular flexibility index (Phi) is 7.08. The molecule has 0 saturated carbocycles. The van der Waals surface area contributed by atoms with Gasteiger partial charge in [0.15, 0.2) is 0 Å². The molecule has 1 aliphatic rings. The standard InChI is InChI=1S/C28H31N3O2/c1-3-24(23-15-8-5-9-16-23)27(32)29-25-17-10-11-18-26(25)31-20-12-19-30(28(31)33)21(2)22-13-6-4-7-14-22/h4-11,13-18,21,24H,3,12,19-20H2,1-2H3,(H,29,32)/t21-,24-/m1/s1. The molecule has 2 atom stereocenters. The van der Waals surface area contributed by atoms with E-state index in [1.807, 2.05) is 84.6 Å². The van der Waals surface area contributed by atoms with Gasteiger partial charge in [0.05, 0.1) is 23.3 Å². The predicted octanol–water partition coefficient (Wildman–Crippen LogP) is 6.21. The Morgan fingerprint density at radius 3 is 2.15 bits per heavy atom. The fourth-order valence-corrected chi connectivity index (χ4v) is 4.53. The largest absolute Gasteiger partial charge is 0.325 e. The molecular formula is C28H31N3O2. The fourth-order valence-electron chi connectivity index (χ4n) is 4.53. The molecule has 5 heteroatoms. The van der Waals surface area contributed by atoms with Crippen LogP contribution in [0.2, 0.25) is 0 Å². The van der Waals surface area contributed by atoms with Crippen LogP contribution in [0.15, 0.2) is 84.9 Å². The molecular weight excluding hydrogens is 410 g/mol. The number of hydrogen-bond acceptors (Lipinski definition) is 2. The summed E-state index contributed by atoms with van der Waals surface area (Å²) in [4.78, 5) is 30.4. The van der Waals surface area contributed by atoms with Gasteiger partial charge in [-0.2, -0.15) is 0 Å². The predicted molar refractivity (Wildman–Crippen MR) is 133 cm³/mol. The molecule has 170 valence electrons. The molecule has 1 fully saturated rings. The Morgan fingerprint density at radius 1 is 0.879 bits per heavy atom. The van der Waals surface area contributed by atoms with E-state index < -0.39 is 0 Å². The van der Waals surface area contributed by atoms with Crippen LogP contribution in [0.25, 0.3) is 0 Å². The summed E-state index contributed by atoms with van der Waals surface area (Å²) in [6, 6.07) is 27.4. The van der Waals surface area contributed by atoms with Crippen LogP contribution in [0, 0.1) is 0 Å². The van der Waals surface area contributed by atoms with Crippen LogP contribution in [-0.4, -0.2) is 29.9 Å². The number of urea groups is 1. The molecule has 1 heterocycles. The third-order valence-corrected chi connectivity index (χ3v) is 6.39. The third kappa shape index (κ3) is 4.92. The molecule has 1 saturated heterocycles. The molecule has 3 amide bonds. The summed E-state index contributed by atoms with van der Waals surface area (Å²) in [5.74, 6) is -0.305. The SMILES string of the molecule is CC[C@@H](C(=O)Nc1ccccc1N1CCCN([C@H](C)c2ccccc2)C1=O)c1ccccc1. The molecule has 0 aromatic heterocycles. The zero-order valence-corrected chi connectivity index (χ0v) is 19.3. The molecule has 1 N–H and O–H groups in total. The maximum absolute atomic E-state index is 13.5. The topological polar surface area (TPSA) is 52.7 Å². The van der Waals surface area contributed by atoms with Crippen LogP contribution in [0.5, 0.6) is 0 Å². The second-order valence-electron chi connectivity index (χ2n) is 8.45. The summed E-state index contributed by atoms with van der Waals surface area (Å²) >= 11 is 0. The molecule has 33 heavy (non-hydrogen) atoms. The summed E-state index contributed by atoms with van der Waals surface area (Å²) in [7, 11) is 0. The van der Waals surface area contributed by atoms with Crippen molar-refractivity contribution in [3.8, 4) is 0 Å². The molecule has 5 nitrogen and oxygen atoms in total. The molecule has 3 aromatic rings. The molecule has 3 aromatic carbocycles. The van der Waals surface area contributed by atoms with E-state index in [1.54, 1.807) is 4.90 Å². The van der Waals surface area contributed by atoms with E-state index in [1.165, 1.54) is 0 Å². The van der Waals surface area contributed by atoms with Crippen molar-refractivity contribution in [3.63, 3.8) is 0 Å². The van der Waals surface area contributed by atoms with Crippen LogP contribution in [0.4, 0.5) is 16.2 Å².